The molecule has 0 aromatic rings. The summed E-state index contributed by atoms with van der Waals surface area (Å²) in [5, 5.41) is 0. The quantitative estimate of drug-likeness (QED) is 0.674. The molecule has 0 heterocycles. The molecule has 1 saturated carbocycles. The van der Waals surface area contributed by atoms with E-state index >= 15 is 0 Å². The lowest BCUT2D eigenvalue weighted by atomic mass is 9.62. The van der Waals surface area contributed by atoms with Gasteiger partial charge >= 0.3 is 5.97 Å². The first-order valence-electron chi connectivity index (χ1n) is 4.97. The summed E-state index contributed by atoms with van der Waals surface area (Å²) in [5.41, 5.74) is 6.07. The molecular weight excluding hydrogens is 166 g/mol. The van der Waals surface area contributed by atoms with E-state index in [9.17, 15) is 4.79 Å². The maximum Gasteiger partial charge on any atom is 0.306 e. The molecule has 1 atom stereocenters. The van der Waals surface area contributed by atoms with Crippen molar-refractivity contribution in [1.82, 2.24) is 0 Å². The molecule has 0 aromatic carbocycles. The van der Waals surface area contributed by atoms with E-state index in [0.29, 0.717) is 6.42 Å². The summed E-state index contributed by atoms with van der Waals surface area (Å²) in [7, 11) is 1.44. The van der Waals surface area contributed by atoms with Crippen molar-refractivity contribution in [3.05, 3.63) is 0 Å². The number of rotatable bonds is 4. The fourth-order valence-corrected chi connectivity index (χ4v) is 2.10. The zero-order valence-electron chi connectivity index (χ0n) is 8.51. The van der Waals surface area contributed by atoms with E-state index < -0.39 is 0 Å². The topological polar surface area (TPSA) is 52.3 Å². The van der Waals surface area contributed by atoms with Crippen LogP contribution >= 0.6 is 0 Å². The van der Waals surface area contributed by atoms with Crippen LogP contribution in [0.4, 0.5) is 0 Å². The molecule has 1 aliphatic carbocycles. The smallest absolute Gasteiger partial charge is 0.306 e. The van der Waals surface area contributed by atoms with Crippen LogP contribution in [0.5, 0.6) is 0 Å². The number of methoxy groups -OCH3 is 1. The first-order chi connectivity index (χ1) is 6.14. The summed E-state index contributed by atoms with van der Waals surface area (Å²) in [4.78, 5) is 11.2. The highest BCUT2D eigenvalue weighted by Crippen LogP contribution is 2.47. The van der Waals surface area contributed by atoms with Gasteiger partial charge in [0.15, 0.2) is 0 Å². The van der Waals surface area contributed by atoms with E-state index in [1.807, 2.05) is 0 Å². The van der Waals surface area contributed by atoms with E-state index in [4.69, 9.17) is 5.73 Å². The van der Waals surface area contributed by atoms with Gasteiger partial charge in [-0.2, -0.15) is 0 Å². The highest BCUT2D eigenvalue weighted by Gasteiger charge is 2.43. The minimum Gasteiger partial charge on any atom is -0.469 e. The van der Waals surface area contributed by atoms with Gasteiger partial charge < -0.3 is 10.5 Å². The third-order valence-electron chi connectivity index (χ3n) is 3.30. The van der Waals surface area contributed by atoms with Crippen molar-refractivity contribution in [3.8, 4) is 0 Å². The second-order valence-electron chi connectivity index (χ2n) is 3.98. The van der Waals surface area contributed by atoms with E-state index in [1.165, 1.54) is 13.5 Å². The van der Waals surface area contributed by atoms with E-state index in [2.05, 4.69) is 11.7 Å². The first-order valence-corrected chi connectivity index (χ1v) is 4.97. The van der Waals surface area contributed by atoms with Crippen LogP contribution in [0.1, 0.15) is 39.0 Å². The standard InChI is InChI=1S/C10H19NO2/c1-3-8(11)10(5-4-6-10)7-9(12)13-2/h8H,3-7,11H2,1-2H3. The van der Waals surface area contributed by atoms with E-state index in [1.54, 1.807) is 0 Å². The van der Waals surface area contributed by atoms with Gasteiger partial charge in [0.05, 0.1) is 13.5 Å². The second-order valence-corrected chi connectivity index (χ2v) is 3.98. The van der Waals surface area contributed by atoms with Crippen LogP contribution in [0.15, 0.2) is 0 Å². The molecule has 0 aliphatic heterocycles. The van der Waals surface area contributed by atoms with Gasteiger partial charge in [-0.25, -0.2) is 0 Å². The molecule has 0 saturated heterocycles. The highest BCUT2D eigenvalue weighted by atomic mass is 16.5. The predicted octanol–water partition coefficient (Wildman–Crippen LogP) is 1.46. The fraction of sp³-hybridized carbons (Fsp3) is 0.900. The number of carbonyl (C=O) groups excluding carboxylic acids is 1. The molecule has 1 rings (SSSR count). The van der Waals surface area contributed by atoms with Crippen LogP contribution in [0, 0.1) is 5.41 Å². The van der Waals surface area contributed by atoms with Crippen LogP contribution in [0.25, 0.3) is 0 Å². The SMILES string of the molecule is CCC(N)C1(CC(=O)OC)CCC1. The summed E-state index contributed by atoms with van der Waals surface area (Å²) in [5.74, 6) is -0.122. The van der Waals surface area contributed by atoms with Gasteiger partial charge in [-0.3, -0.25) is 4.79 Å². The number of hydrogen-bond donors (Lipinski definition) is 1. The highest BCUT2D eigenvalue weighted by molar-refractivity contribution is 5.70. The summed E-state index contributed by atoms with van der Waals surface area (Å²) in [6, 6.07) is 0.153. The Kier molecular flexibility index (Phi) is 3.31. The third-order valence-corrected chi connectivity index (χ3v) is 3.30. The molecule has 3 heteroatoms. The monoisotopic (exact) mass is 185 g/mol. The Morgan fingerprint density at radius 3 is 2.54 bits per heavy atom. The van der Waals surface area contributed by atoms with Crippen molar-refractivity contribution in [2.75, 3.05) is 7.11 Å². The minimum absolute atomic E-state index is 0.0574. The average Bonchev–Trinajstić information content (AvgIpc) is 2.09. The normalized spacial score (nSPS) is 21.8. The van der Waals surface area contributed by atoms with Crippen molar-refractivity contribution < 1.29 is 9.53 Å². The Labute approximate surface area is 79.6 Å². The fourth-order valence-electron chi connectivity index (χ4n) is 2.10. The van der Waals surface area contributed by atoms with Gasteiger partial charge in [-0.1, -0.05) is 13.3 Å². The molecule has 76 valence electrons. The van der Waals surface area contributed by atoms with Crippen molar-refractivity contribution in [3.63, 3.8) is 0 Å². The molecular formula is C10H19NO2. The summed E-state index contributed by atoms with van der Waals surface area (Å²) in [6.07, 6.45) is 4.80. The zero-order chi connectivity index (χ0) is 9.90. The summed E-state index contributed by atoms with van der Waals surface area (Å²) < 4.78 is 4.68. The zero-order valence-corrected chi connectivity index (χ0v) is 8.51. The molecule has 0 amide bonds. The number of esters is 1. The van der Waals surface area contributed by atoms with Crippen molar-refractivity contribution in [1.29, 1.82) is 0 Å². The lowest BCUT2D eigenvalue weighted by Crippen LogP contribution is -2.47. The lowest BCUT2D eigenvalue weighted by Gasteiger charge is -2.45. The van der Waals surface area contributed by atoms with Crippen molar-refractivity contribution >= 4 is 5.97 Å². The molecule has 1 fully saturated rings. The van der Waals surface area contributed by atoms with Crippen LogP contribution in [-0.2, 0) is 9.53 Å². The molecule has 0 spiro atoms. The molecule has 0 radical (unpaired) electrons. The van der Waals surface area contributed by atoms with Gasteiger partial charge in [0, 0.05) is 6.04 Å². The third kappa shape index (κ3) is 2.02. The van der Waals surface area contributed by atoms with Crippen LogP contribution in [0.2, 0.25) is 0 Å². The largest absolute Gasteiger partial charge is 0.469 e. The molecule has 0 aromatic heterocycles. The van der Waals surface area contributed by atoms with Crippen LogP contribution < -0.4 is 5.73 Å². The Morgan fingerprint density at radius 1 is 1.62 bits per heavy atom. The molecule has 13 heavy (non-hydrogen) atoms. The minimum atomic E-state index is -0.122. The lowest BCUT2D eigenvalue weighted by molar-refractivity contribution is -0.145. The maximum absolute atomic E-state index is 11.2. The molecule has 1 aliphatic rings. The molecule has 0 bridgehead atoms. The average molecular weight is 185 g/mol. The number of hydrogen-bond acceptors (Lipinski definition) is 3. The number of nitrogens with two attached hydrogens (primary N) is 1. The molecule has 3 nitrogen and oxygen atoms in total. The Bertz CT molecular complexity index is 187. The Hall–Kier alpha value is -0.570. The van der Waals surface area contributed by atoms with Gasteiger partial charge in [0.2, 0.25) is 0 Å². The Morgan fingerprint density at radius 2 is 2.23 bits per heavy atom. The molecule has 2 N–H and O–H groups in total. The van der Waals surface area contributed by atoms with Gasteiger partial charge in [0.25, 0.3) is 0 Å². The number of ether oxygens (including phenoxy) is 1. The number of carbonyl (C=O) groups is 1. The van der Waals surface area contributed by atoms with E-state index in [-0.39, 0.29) is 17.4 Å². The van der Waals surface area contributed by atoms with Crippen LogP contribution in [-0.4, -0.2) is 19.1 Å². The predicted molar refractivity (Wildman–Crippen MR) is 51.2 cm³/mol. The van der Waals surface area contributed by atoms with Crippen molar-refractivity contribution in [2.45, 2.75) is 45.1 Å². The Balaban J connectivity index is 2.54. The van der Waals surface area contributed by atoms with Gasteiger partial charge in [-0.15, -0.1) is 0 Å². The van der Waals surface area contributed by atoms with Crippen LogP contribution in [0.3, 0.4) is 0 Å². The maximum atomic E-state index is 11.2. The second kappa shape index (κ2) is 4.09. The van der Waals surface area contributed by atoms with E-state index in [0.717, 1.165) is 19.3 Å². The molecule has 1 unspecified atom stereocenters. The van der Waals surface area contributed by atoms with Gasteiger partial charge in [0.1, 0.15) is 0 Å². The summed E-state index contributed by atoms with van der Waals surface area (Å²) in [6.45, 7) is 2.07. The van der Waals surface area contributed by atoms with Crippen molar-refractivity contribution in [2.24, 2.45) is 11.1 Å². The first kappa shape index (κ1) is 10.5. The summed E-state index contributed by atoms with van der Waals surface area (Å²) >= 11 is 0. The van der Waals surface area contributed by atoms with Gasteiger partial charge in [-0.05, 0) is 24.7 Å².